The first-order chi connectivity index (χ1) is 16.4. The Kier molecular flexibility index (Phi) is 7.65. The Labute approximate surface area is 205 Å². The number of carboxylic acid groups (broad SMARTS) is 1. The van der Waals surface area contributed by atoms with Gasteiger partial charge in [-0.1, -0.05) is 45.0 Å². The van der Waals surface area contributed by atoms with E-state index in [1.807, 2.05) is 51.1 Å². The fourth-order valence-electron chi connectivity index (χ4n) is 3.55. The normalized spacial score (nSPS) is 11.7. The second-order valence-electron chi connectivity index (χ2n) is 9.36. The Morgan fingerprint density at radius 3 is 2.17 bits per heavy atom. The van der Waals surface area contributed by atoms with Gasteiger partial charge in [-0.15, -0.1) is 0 Å². The molecule has 0 unspecified atom stereocenters. The summed E-state index contributed by atoms with van der Waals surface area (Å²) in [4.78, 5) is 23.6. The molecule has 0 spiro atoms. The van der Waals surface area contributed by atoms with Crippen molar-refractivity contribution in [3.8, 4) is 28.4 Å². The summed E-state index contributed by atoms with van der Waals surface area (Å²) in [6.07, 6.45) is 0.0744. The molecular formula is C27H28O7S. The molecule has 0 radical (unpaired) electrons. The number of carboxylic acids is 1. The molecule has 0 saturated heterocycles. The second kappa shape index (κ2) is 10.3. The fourth-order valence-corrected chi connectivity index (χ4v) is 4.95. The van der Waals surface area contributed by atoms with Crippen LogP contribution in [0, 0.1) is 5.41 Å². The van der Waals surface area contributed by atoms with Gasteiger partial charge in [-0.05, 0) is 59.0 Å². The first-order valence-corrected chi connectivity index (χ1v) is 12.6. The number of carbonyl (C=O) groups excluding carboxylic acids is 1. The number of ketones is 1. The van der Waals surface area contributed by atoms with Gasteiger partial charge in [-0.2, -0.15) is 0 Å². The average molecular weight is 497 g/mol. The maximum absolute atomic E-state index is 13.2. The molecule has 7 nitrogen and oxygen atoms in total. The van der Waals surface area contributed by atoms with E-state index >= 15 is 0 Å². The molecule has 3 aromatic rings. The zero-order chi connectivity index (χ0) is 25.8. The Bertz CT molecular complexity index is 1330. The molecule has 0 atom stereocenters. The molecular weight excluding hydrogens is 468 g/mol. The minimum Gasteiger partial charge on any atom is -0.497 e. The minimum absolute atomic E-state index is 0.0505. The van der Waals surface area contributed by atoms with E-state index in [0.29, 0.717) is 5.75 Å². The lowest BCUT2D eigenvalue weighted by Crippen LogP contribution is -2.22. The van der Waals surface area contributed by atoms with Gasteiger partial charge in [-0.25, -0.2) is 13.2 Å². The van der Waals surface area contributed by atoms with Crippen molar-refractivity contribution in [3.63, 3.8) is 0 Å². The van der Waals surface area contributed by atoms with E-state index in [0.717, 1.165) is 22.9 Å². The molecule has 0 aliphatic rings. The van der Waals surface area contributed by atoms with Crippen LogP contribution in [-0.2, 0) is 14.6 Å². The van der Waals surface area contributed by atoms with Gasteiger partial charge in [-0.3, -0.25) is 4.79 Å². The van der Waals surface area contributed by atoms with Crippen molar-refractivity contribution in [2.45, 2.75) is 32.1 Å². The smallest absolute Gasteiger partial charge is 0.335 e. The van der Waals surface area contributed by atoms with Gasteiger partial charge in [0.15, 0.2) is 9.84 Å². The number of methoxy groups -OCH3 is 1. The van der Waals surface area contributed by atoms with Gasteiger partial charge in [0, 0.05) is 6.42 Å². The number of ether oxygens (including phenoxy) is 2. The number of aromatic carboxylic acids is 1. The number of hydrogen-bond acceptors (Lipinski definition) is 6. The SMILES string of the molecule is COc1ccc(-c2cccc(Oc3ccc(C(=O)O)cc3S(=O)(=O)CC(=O)CC(C)(C)C)c2)cc1. The maximum atomic E-state index is 13.2. The molecule has 0 aliphatic heterocycles. The number of sulfone groups is 1. The molecule has 0 fully saturated rings. The van der Waals surface area contributed by atoms with Crippen LogP contribution in [0.2, 0.25) is 0 Å². The Balaban J connectivity index is 1.96. The van der Waals surface area contributed by atoms with Crippen molar-refractivity contribution in [1.82, 2.24) is 0 Å². The number of Topliss-reactive ketones (excluding diaryl/α,β-unsaturated/α-hetero) is 1. The monoisotopic (exact) mass is 496 g/mol. The van der Waals surface area contributed by atoms with Crippen molar-refractivity contribution >= 4 is 21.6 Å². The van der Waals surface area contributed by atoms with Gasteiger partial charge in [0.1, 0.15) is 33.7 Å². The van der Waals surface area contributed by atoms with Crippen LogP contribution in [0.4, 0.5) is 0 Å². The quantitative estimate of drug-likeness (QED) is 0.409. The lowest BCUT2D eigenvalue weighted by Gasteiger charge is -2.17. The lowest BCUT2D eigenvalue weighted by molar-refractivity contribution is -0.118. The number of rotatable bonds is 9. The predicted molar refractivity (Wildman–Crippen MR) is 133 cm³/mol. The summed E-state index contributed by atoms with van der Waals surface area (Å²) >= 11 is 0. The molecule has 0 amide bonds. The Morgan fingerprint density at radius 1 is 0.886 bits per heavy atom. The summed E-state index contributed by atoms with van der Waals surface area (Å²) in [6.45, 7) is 5.52. The molecule has 0 saturated carbocycles. The standard InChI is InChI=1S/C27H28O7S/c1-27(2,3)16-21(28)17-35(31,32)25-15-20(26(29)30)10-13-24(25)34-23-7-5-6-19(14-23)18-8-11-22(33-4)12-9-18/h5-15H,16-17H2,1-4H3,(H,29,30). The van der Waals surface area contributed by atoms with E-state index in [1.165, 1.54) is 12.1 Å². The van der Waals surface area contributed by atoms with Crippen molar-refractivity contribution in [3.05, 3.63) is 72.3 Å². The molecule has 3 rings (SSSR count). The molecule has 35 heavy (non-hydrogen) atoms. The van der Waals surface area contributed by atoms with E-state index in [4.69, 9.17) is 9.47 Å². The van der Waals surface area contributed by atoms with Gasteiger partial charge >= 0.3 is 5.97 Å². The zero-order valence-corrected chi connectivity index (χ0v) is 20.9. The van der Waals surface area contributed by atoms with Crippen molar-refractivity contribution in [2.24, 2.45) is 5.41 Å². The third-order valence-electron chi connectivity index (χ3n) is 5.09. The minimum atomic E-state index is -4.16. The molecule has 8 heteroatoms. The van der Waals surface area contributed by atoms with E-state index in [-0.39, 0.29) is 28.0 Å². The van der Waals surface area contributed by atoms with E-state index in [2.05, 4.69) is 0 Å². The molecule has 0 aliphatic carbocycles. The predicted octanol–water partition coefficient (Wildman–Crippen LogP) is 5.63. The van der Waals surface area contributed by atoms with Gasteiger partial charge in [0.2, 0.25) is 0 Å². The van der Waals surface area contributed by atoms with Crippen LogP contribution in [0.25, 0.3) is 11.1 Å². The lowest BCUT2D eigenvalue weighted by atomic mass is 9.90. The van der Waals surface area contributed by atoms with Crippen LogP contribution in [0.5, 0.6) is 17.2 Å². The maximum Gasteiger partial charge on any atom is 0.335 e. The van der Waals surface area contributed by atoms with Crippen LogP contribution in [-0.4, -0.2) is 38.1 Å². The molecule has 0 heterocycles. The summed E-state index contributed by atoms with van der Waals surface area (Å²) in [5, 5.41) is 9.38. The summed E-state index contributed by atoms with van der Waals surface area (Å²) in [5.41, 5.74) is 1.14. The number of hydrogen-bond donors (Lipinski definition) is 1. The van der Waals surface area contributed by atoms with Gasteiger partial charge in [0.25, 0.3) is 0 Å². The third-order valence-corrected chi connectivity index (χ3v) is 6.78. The first kappa shape index (κ1) is 26.0. The van der Waals surface area contributed by atoms with Crippen LogP contribution >= 0.6 is 0 Å². The van der Waals surface area contributed by atoms with Crippen LogP contribution in [0.3, 0.4) is 0 Å². The first-order valence-electron chi connectivity index (χ1n) is 10.9. The van der Waals surface area contributed by atoms with Crippen molar-refractivity contribution in [2.75, 3.05) is 12.9 Å². The van der Waals surface area contributed by atoms with Crippen LogP contribution in [0.1, 0.15) is 37.6 Å². The average Bonchev–Trinajstić information content (AvgIpc) is 2.77. The third kappa shape index (κ3) is 6.93. The highest BCUT2D eigenvalue weighted by Gasteiger charge is 2.27. The van der Waals surface area contributed by atoms with Crippen LogP contribution in [0.15, 0.2) is 71.6 Å². The summed E-state index contributed by atoms with van der Waals surface area (Å²) in [6, 6.07) is 18.1. The van der Waals surface area contributed by atoms with Crippen molar-refractivity contribution in [1.29, 1.82) is 0 Å². The van der Waals surface area contributed by atoms with E-state index < -0.39 is 27.3 Å². The van der Waals surface area contributed by atoms with Gasteiger partial charge in [0.05, 0.1) is 12.7 Å². The Hall–Kier alpha value is -3.65. The second-order valence-corrected chi connectivity index (χ2v) is 11.3. The summed E-state index contributed by atoms with van der Waals surface area (Å²) in [7, 11) is -2.58. The van der Waals surface area contributed by atoms with Crippen molar-refractivity contribution < 1.29 is 32.6 Å². The Morgan fingerprint density at radius 2 is 1.57 bits per heavy atom. The summed E-state index contributed by atoms with van der Waals surface area (Å²) < 4.78 is 37.4. The van der Waals surface area contributed by atoms with Gasteiger partial charge < -0.3 is 14.6 Å². The van der Waals surface area contributed by atoms with Crippen LogP contribution < -0.4 is 9.47 Å². The zero-order valence-electron chi connectivity index (χ0n) is 20.1. The van der Waals surface area contributed by atoms with E-state index in [9.17, 15) is 23.1 Å². The molecule has 3 aromatic carbocycles. The number of benzene rings is 3. The van der Waals surface area contributed by atoms with E-state index in [1.54, 1.807) is 25.3 Å². The molecule has 1 N–H and O–H groups in total. The number of carbonyl (C=O) groups is 2. The largest absolute Gasteiger partial charge is 0.497 e. The molecule has 0 aromatic heterocycles. The topological polar surface area (TPSA) is 107 Å². The fraction of sp³-hybridized carbons (Fsp3) is 0.259. The molecule has 184 valence electrons. The highest BCUT2D eigenvalue weighted by atomic mass is 32.2. The highest BCUT2D eigenvalue weighted by Crippen LogP contribution is 2.33. The highest BCUT2D eigenvalue weighted by molar-refractivity contribution is 7.92. The molecule has 0 bridgehead atoms. The summed E-state index contributed by atoms with van der Waals surface area (Å²) in [5.74, 6) is -1.45.